The van der Waals surface area contributed by atoms with Gasteiger partial charge in [-0.1, -0.05) is 47.8 Å². The smallest absolute Gasteiger partial charge is 0.196 e. The topological polar surface area (TPSA) is 26.3 Å². The van der Waals surface area contributed by atoms with Gasteiger partial charge in [-0.15, -0.1) is 0 Å². The summed E-state index contributed by atoms with van der Waals surface area (Å²) in [5.41, 5.74) is 1.15. The molecule has 0 heterocycles. The maximum absolute atomic E-state index is 12.7. The number of benzene rings is 2. The Balaban J connectivity index is 2.49. The van der Waals surface area contributed by atoms with E-state index in [1.807, 2.05) is 19.1 Å². The number of ketones is 1. The average molecular weight is 463 g/mol. The van der Waals surface area contributed by atoms with Gasteiger partial charge in [0.15, 0.2) is 5.78 Å². The highest BCUT2D eigenvalue weighted by molar-refractivity contribution is 9.11. The summed E-state index contributed by atoms with van der Waals surface area (Å²) in [5, 5.41) is 0. The van der Waals surface area contributed by atoms with Gasteiger partial charge in [-0.05, 0) is 43.3 Å². The van der Waals surface area contributed by atoms with Crippen LogP contribution in [0.5, 0.6) is 5.75 Å². The molecule has 0 radical (unpaired) electrons. The van der Waals surface area contributed by atoms with E-state index < -0.39 is 0 Å². The number of hydrogen-bond acceptors (Lipinski definition) is 2. The highest BCUT2D eigenvalue weighted by atomic mass is 79.9. The molecule has 0 N–H and O–H groups in total. The normalized spacial score (nSPS) is 10.4. The van der Waals surface area contributed by atoms with Crippen LogP contribution in [0.4, 0.5) is 0 Å². The third-order valence-corrected chi connectivity index (χ3v) is 4.02. The molecule has 0 aliphatic carbocycles. The Morgan fingerprint density at radius 1 is 1.00 bits per heavy atom. The first-order chi connectivity index (χ1) is 9.51. The maximum atomic E-state index is 12.7. The van der Waals surface area contributed by atoms with Crippen molar-refractivity contribution in [3.8, 4) is 5.75 Å². The molecule has 2 rings (SSSR count). The molecule has 0 aliphatic rings. The van der Waals surface area contributed by atoms with Gasteiger partial charge in [-0.25, -0.2) is 0 Å². The van der Waals surface area contributed by atoms with Crippen LogP contribution in [0.3, 0.4) is 0 Å². The summed E-state index contributed by atoms with van der Waals surface area (Å²) < 4.78 is 8.08. The minimum Gasteiger partial charge on any atom is -0.493 e. The van der Waals surface area contributed by atoms with Crippen LogP contribution in [0.2, 0.25) is 0 Å². The third-order valence-electron chi connectivity index (χ3n) is 2.61. The van der Waals surface area contributed by atoms with Crippen molar-refractivity contribution in [1.82, 2.24) is 0 Å². The van der Waals surface area contributed by atoms with Gasteiger partial charge in [0.05, 0.1) is 12.2 Å². The van der Waals surface area contributed by atoms with E-state index in [0.29, 0.717) is 23.5 Å². The Kier molecular flexibility index (Phi) is 5.41. The molecule has 20 heavy (non-hydrogen) atoms. The standard InChI is InChI=1S/C15H11Br3O2/c1-2-20-14-4-3-10(16)8-13(14)15(19)9-5-11(17)7-12(18)6-9/h3-8H,2H2,1H3. The summed E-state index contributed by atoms with van der Waals surface area (Å²) >= 11 is 10.2. The summed E-state index contributed by atoms with van der Waals surface area (Å²) in [4.78, 5) is 12.7. The average Bonchev–Trinajstić information content (AvgIpc) is 2.39. The lowest BCUT2D eigenvalue weighted by Gasteiger charge is -2.10. The largest absolute Gasteiger partial charge is 0.493 e. The third kappa shape index (κ3) is 3.71. The van der Waals surface area contributed by atoms with Crippen LogP contribution in [0.25, 0.3) is 0 Å². The first-order valence-corrected chi connectivity index (χ1v) is 8.32. The van der Waals surface area contributed by atoms with Gasteiger partial charge in [0.25, 0.3) is 0 Å². The van der Waals surface area contributed by atoms with Gasteiger partial charge in [0, 0.05) is 19.0 Å². The van der Waals surface area contributed by atoms with Crippen molar-refractivity contribution in [3.05, 3.63) is 60.9 Å². The number of halogens is 3. The molecular formula is C15H11Br3O2. The number of ether oxygens (including phenoxy) is 1. The molecule has 0 fully saturated rings. The van der Waals surface area contributed by atoms with Crippen LogP contribution < -0.4 is 4.74 Å². The zero-order valence-corrected chi connectivity index (χ0v) is 15.4. The van der Waals surface area contributed by atoms with E-state index in [2.05, 4.69) is 47.8 Å². The molecule has 104 valence electrons. The minimum absolute atomic E-state index is 0.0725. The summed E-state index contributed by atoms with van der Waals surface area (Å²) in [5.74, 6) is 0.522. The molecular weight excluding hydrogens is 452 g/mol. The van der Waals surface area contributed by atoms with E-state index in [1.165, 1.54) is 0 Å². The predicted molar refractivity (Wildman–Crippen MR) is 90.6 cm³/mol. The van der Waals surface area contributed by atoms with Crippen molar-refractivity contribution < 1.29 is 9.53 Å². The molecule has 0 aromatic heterocycles. The van der Waals surface area contributed by atoms with Crippen LogP contribution in [-0.2, 0) is 0 Å². The second-order valence-electron chi connectivity index (χ2n) is 4.06. The van der Waals surface area contributed by atoms with Crippen molar-refractivity contribution in [2.45, 2.75) is 6.92 Å². The quantitative estimate of drug-likeness (QED) is 0.552. The first-order valence-electron chi connectivity index (χ1n) is 5.94. The van der Waals surface area contributed by atoms with Crippen molar-refractivity contribution in [2.24, 2.45) is 0 Å². The number of carbonyl (C=O) groups excluding carboxylic acids is 1. The van der Waals surface area contributed by atoms with Crippen molar-refractivity contribution in [2.75, 3.05) is 6.61 Å². The summed E-state index contributed by atoms with van der Waals surface area (Å²) in [6, 6.07) is 10.9. The molecule has 0 spiro atoms. The second-order valence-corrected chi connectivity index (χ2v) is 6.81. The lowest BCUT2D eigenvalue weighted by Crippen LogP contribution is -2.05. The predicted octanol–water partition coefficient (Wildman–Crippen LogP) is 5.60. The molecule has 0 unspecified atom stereocenters. The summed E-state index contributed by atoms with van der Waals surface area (Å²) in [6.45, 7) is 2.41. The minimum atomic E-state index is -0.0725. The molecule has 2 aromatic carbocycles. The highest BCUT2D eigenvalue weighted by Gasteiger charge is 2.16. The molecule has 0 saturated heterocycles. The fourth-order valence-corrected chi connectivity index (χ4v) is 3.46. The molecule has 2 nitrogen and oxygen atoms in total. The van der Waals surface area contributed by atoms with E-state index in [9.17, 15) is 4.79 Å². The number of hydrogen-bond donors (Lipinski definition) is 0. The number of rotatable bonds is 4. The van der Waals surface area contributed by atoms with Gasteiger partial charge >= 0.3 is 0 Å². The molecule has 2 aromatic rings. The summed E-state index contributed by atoms with van der Waals surface area (Å²) in [7, 11) is 0. The van der Waals surface area contributed by atoms with Gasteiger partial charge in [0.2, 0.25) is 0 Å². The molecule has 0 amide bonds. The molecule has 0 saturated carbocycles. The highest BCUT2D eigenvalue weighted by Crippen LogP contribution is 2.28. The van der Waals surface area contributed by atoms with Crippen molar-refractivity contribution >= 4 is 53.6 Å². The van der Waals surface area contributed by atoms with E-state index in [0.717, 1.165) is 13.4 Å². The Morgan fingerprint density at radius 3 is 2.25 bits per heavy atom. The van der Waals surface area contributed by atoms with Crippen molar-refractivity contribution in [1.29, 1.82) is 0 Å². The van der Waals surface area contributed by atoms with Crippen LogP contribution >= 0.6 is 47.8 Å². The van der Waals surface area contributed by atoms with Crippen LogP contribution in [-0.4, -0.2) is 12.4 Å². The lowest BCUT2D eigenvalue weighted by molar-refractivity contribution is 0.103. The monoisotopic (exact) mass is 460 g/mol. The first kappa shape index (κ1) is 15.7. The van der Waals surface area contributed by atoms with Gasteiger partial charge in [-0.2, -0.15) is 0 Å². The Morgan fingerprint density at radius 2 is 1.65 bits per heavy atom. The molecule has 0 bridgehead atoms. The van der Waals surface area contributed by atoms with E-state index in [1.54, 1.807) is 24.3 Å². The van der Waals surface area contributed by atoms with Crippen LogP contribution in [0.1, 0.15) is 22.8 Å². The van der Waals surface area contributed by atoms with Crippen LogP contribution in [0, 0.1) is 0 Å². The zero-order chi connectivity index (χ0) is 14.7. The number of carbonyl (C=O) groups is 1. The fourth-order valence-electron chi connectivity index (χ4n) is 1.80. The second kappa shape index (κ2) is 6.87. The zero-order valence-electron chi connectivity index (χ0n) is 10.6. The van der Waals surface area contributed by atoms with Crippen LogP contribution in [0.15, 0.2) is 49.8 Å². The Labute approximate surface area is 142 Å². The maximum Gasteiger partial charge on any atom is 0.196 e. The van der Waals surface area contributed by atoms with E-state index >= 15 is 0 Å². The summed E-state index contributed by atoms with van der Waals surface area (Å²) in [6.07, 6.45) is 0. The van der Waals surface area contributed by atoms with Gasteiger partial charge in [-0.3, -0.25) is 4.79 Å². The SMILES string of the molecule is CCOc1ccc(Br)cc1C(=O)c1cc(Br)cc(Br)c1. The van der Waals surface area contributed by atoms with Gasteiger partial charge < -0.3 is 4.74 Å². The lowest BCUT2D eigenvalue weighted by atomic mass is 10.0. The molecule has 5 heteroatoms. The van der Waals surface area contributed by atoms with E-state index in [-0.39, 0.29) is 5.78 Å². The van der Waals surface area contributed by atoms with Gasteiger partial charge in [0.1, 0.15) is 5.75 Å². The van der Waals surface area contributed by atoms with Crippen molar-refractivity contribution in [3.63, 3.8) is 0 Å². The molecule has 0 aliphatic heterocycles. The van der Waals surface area contributed by atoms with E-state index in [4.69, 9.17) is 4.74 Å². The Bertz CT molecular complexity index is 633. The fraction of sp³-hybridized carbons (Fsp3) is 0.133. The Hall–Kier alpha value is -0.650. The molecule has 0 atom stereocenters.